The summed E-state index contributed by atoms with van der Waals surface area (Å²) < 4.78 is 15.7. The largest absolute Gasteiger partial charge is 0.459 e. The zero-order valence-corrected chi connectivity index (χ0v) is 14.2. The van der Waals surface area contributed by atoms with Gasteiger partial charge >= 0.3 is 0 Å². The molecule has 2 N–H and O–H groups in total. The van der Waals surface area contributed by atoms with Crippen molar-refractivity contribution in [1.29, 1.82) is 0 Å². The van der Waals surface area contributed by atoms with Crippen LogP contribution < -0.4 is 19.7 Å². The lowest BCUT2D eigenvalue weighted by Crippen LogP contribution is -3.15. The van der Waals surface area contributed by atoms with Crippen molar-refractivity contribution in [3.8, 4) is 11.5 Å². The molecule has 2 aliphatic rings. The van der Waals surface area contributed by atoms with E-state index in [4.69, 9.17) is 13.9 Å². The summed E-state index contributed by atoms with van der Waals surface area (Å²) >= 11 is 0. The van der Waals surface area contributed by atoms with Crippen LogP contribution in [0.2, 0.25) is 0 Å². The van der Waals surface area contributed by atoms with Gasteiger partial charge in [0.1, 0.15) is 0 Å². The molecule has 26 heavy (non-hydrogen) atoms. The van der Waals surface area contributed by atoms with E-state index in [9.17, 15) is 9.59 Å². The Morgan fingerprint density at radius 1 is 1.12 bits per heavy atom. The number of nitrogens with one attached hydrogen (secondary N) is 2. The maximum atomic E-state index is 12.3. The first-order valence-electron chi connectivity index (χ1n) is 8.55. The lowest BCUT2D eigenvalue weighted by atomic mass is 10.2. The molecule has 4 rings (SSSR count). The molecule has 0 saturated carbocycles. The van der Waals surface area contributed by atoms with Gasteiger partial charge in [0.25, 0.3) is 11.8 Å². The lowest BCUT2D eigenvalue weighted by Gasteiger charge is -2.31. The molecule has 0 unspecified atom stereocenters. The van der Waals surface area contributed by atoms with Gasteiger partial charge < -0.3 is 29.0 Å². The van der Waals surface area contributed by atoms with Crippen molar-refractivity contribution in [2.75, 3.05) is 44.8 Å². The number of furan rings is 1. The van der Waals surface area contributed by atoms with Crippen LogP contribution in [0.3, 0.4) is 0 Å². The van der Waals surface area contributed by atoms with E-state index in [1.54, 1.807) is 35.2 Å². The minimum Gasteiger partial charge on any atom is -0.459 e. The van der Waals surface area contributed by atoms with Crippen LogP contribution in [0.5, 0.6) is 11.5 Å². The molecule has 8 nitrogen and oxygen atoms in total. The van der Waals surface area contributed by atoms with Crippen molar-refractivity contribution in [2.45, 2.75) is 0 Å². The van der Waals surface area contributed by atoms with Gasteiger partial charge in [-0.15, -0.1) is 0 Å². The number of anilines is 1. The molecule has 2 aromatic rings. The highest BCUT2D eigenvalue weighted by Gasteiger charge is 2.27. The number of amides is 2. The third-order valence-electron chi connectivity index (χ3n) is 4.56. The first-order valence-corrected chi connectivity index (χ1v) is 8.55. The number of carbonyl (C=O) groups excluding carboxylic acids is 2. The number of piperazine rings is 1. The van der Waals surface area contributed by atoms with E-state index in [0.29, 0.717) is 42.6 Å². The van der Waals surface area contributed by atoms with Crippen LogP contribution in [0.25, 0.3) is 0 Å². The summed E-state index contributed by atoms with van der Waals surface area (Å²) in [6, 6.07) is 8.70. The molecular weight excluding hydrogens is 338 g/mol. The number of hydrogen-bond donors (Lipinski definition) is 2. The third kappa shape index (κ3) is 3.50. The Bertz CT molecular complexity index is 797. The topological polar surface area (TPSA) is 85.5 Å². The Hall–Kier alpha value is -3.00. The monoisotopic (exact) mass is 358 g/mol. The molecule has 8 heteroatoms. The highest BCUT2D eigenvalue weighted by Crippen LogP contribution is 2.34. The fraction of sp³-hybridized carbons (Fsp3) is 0.333. The maximum absolute atomic E-state index is 12.3. The first-order chi connectivity index (χ1) is 12.7. The summed E-state index contributed by atoms with van der Waals surface area (Å²) in [5, 5.41) is 2.88. The SMILES string of the molecule is O=C(C[NH+]1CCN(C(=O)c2ccco2)CC1)Nc1ccc2c(c1)OCO2. The normalized spacial score (nSPS) is 16.5. The number of ether oxygens (including phenoxy) is 2. The standard InChI is InChI=1S/C18H19N3O5/c22-17(19-13-3-4-14-16(10-13)26-12-25-14)11-20-5-7-21(8-6-20)18(23)15-2-1-9-24-15/h1-4,9-10H,5-8,11-12H2,(H,19,22)/p+1. The van der Waals surface area contributed by atoms with Crippen molar-refractivity contribution < 1.29 is 28.4 Å². The highest BCUT2D eigenvalue weighted by molar-refractivity contribution is 5.92. The lowest BCUT2D eigenvalue weighted by molar-refractivity contribution is -0.895. The molecule has 1 aromatic heterocycles. The Morgan fingerprint density at radius 2 is 1.92 bits per heavy atom. The van der Waals surface area contributed by atoms with Crippen molar-refractivity contribution >= 4 is 17.5 Å². The molecule has 136 valence electrons. The van der Waals surface area contributed by atoms with Crippen LogP contribution in [0, 0.1) is 0 Å². The fourth-order valence-corrected chi connectivity index (χ4v) is 3.17. The Balaban J connectivity index is 1.26. The number of rotatable bonds is 4. The van der Waals surface area contributed by atoms with E-state index in [1.165, 1.54) is 6.26 Å². The zero-order chi connectivity index (χ0) is 17.9. The molecule has 0 aliphatic carbocycles. The van der Waals surface area contributed by atoms with Gasteiger partial charge in [-0.25, -0.2) is 0 Å². The molecule has 1 aromatic carbocycles. The van der Waals surface area contributed by atoms with Crippen LogP contribution in [0.1, 0.15) is 10.6 Å². The van der Waals surface area contributed by atoms with Gasteiger partial charge in [0.2, 0.25) is 6.79 Å². The average Bonchev–Trinajstić information content (AvgIpc) is 3.33. The van der Waals surface area contributed by atoms with Gasteiger partial charge in [0.15, 0.2) is 23.8 Å². The van der Waals surface area contributed by atoms with Crippen molar-refractivity contribution in [3.05, 3.63) is 42.4 Å². The van der Waals surface area contributed by atoms with E-state index in [1.807, 2.05) is 0 Å². The molecular formula is C18H20N3O5+. The van der Waals surface area contributed by atoms with Gasteiger partial charge in [-0.1, -0.05) is 0 Å². The number of carbonyl (C=O) groups is 2. The van der Waals surface area contributed by atoms with Gasteiger partial charge in [0.05, 0.1) is 32.4 Å². The van der Waals surface area contributed by atoms with Gasteiger partial charge in [-0.2, -0.15) is 0 Å². The molecule has 2 aliphatic heterocycles. The summed E-state index contributed by atoms with van der Waals surface area (Å²) in [6.45, 7) is 3.22. The smallest absolute Gasteiger partial charge is 0.289 e. The zero-order valence-electron chi connectivity index (χ0n) is 14.2. The molecule has 0 atom stereocenters. The predicted molar refractivity (Wildman–Crippen MR) is 91.4 cm³/mol. The van der Waals surface area contributed by atoms with Crippen molar-refractivity contribution in [3.63, 3.8) is 0 Å². The third-order valence-corrected chi connectivity index (χ3v) is 4.56. The van der Waals surface area contributed by atoms with Gasteiger partial charge in [0, 0.05) is 11.8 Å². The molecule has 1 fully saturated rings. The second-order valence-corrected chi connectivity index (χ2v) is 6.31. The second kappa shape index (κ2) is 7.09. The predicted octanol–water partition coefficient (Wildman–Crippen LogP) is -0.0123. The van der Waals surface area contributed by atoms with Crippen LogP contribution in [0.15, 0.2) is 41.0 Å². The summed E-state index contributed by atoms with van der Waals surface area (Å²) in [5.41, 5.74) is 0.685. The fourth-order valence-electron chi connectivity index (χ4n) is 3.17. The Morgan fingerprint density at radius 3 is 2.69 bits per heavy atom. The Kier molecular flexibility index (Phi) is 4.49. The number of fused-ring (bicyclic) bond motifs is 1. The van der Waals surface area contributed by atoms with Gasteiger partial charge in [-0.05, 0) is 24.3 Å². The van der Waals surface area contributed by atoms with E-state index < -0.39 is 0 Å². The maximum Gasteiger partial charge on any atom is 0.289 e. The first kappa shape index (κ1) is 16.5. The summed E-state index contributed by atoms with van der Waals surface area (Å²) in [4.78, 5) is 27.4. The van der Waals surface area contributed by atoms with Crippen LogP contribution >= 0.6 is 0 Å². The summed E-state index contributed by atoms with van der Waals surface area (Å²) in [7, 11) is 0. The van der Waals surface area contributed by atoms with Crippen molar-refractivity contribution in [2.24, 2.45) is 0 Å². The molecule has 2 amide bonds. The van der Waals surface area contributed by atoms with Crippen LogP contribution in [0.4, 0.5) is 5.69 Å². The number of benzene rings is 1. The molecule has 0 radical (unpaired) electrons. The summed E-state index contributed by atoms with van der Waals surface area (Å²) in [5.74, 6) is 1.52. The average molecular weight is 358 g/mol. The van der Waals surface area contributed by atoms with Crippen LogP contribution in [-0.2, 0) is 4.79 Å². The molecule has 1 saturated heterocycles. The van der Waals surface area contributed by atoms with Crippen molar-refractivity contribution in [1.82, 2.24) is 4.90 Å². The number of quaternary nitrogens is 1. The minimum absolute atomic E-state index is 0.0651. The molecule has 0 bridgehead atoms. The van der Waals surface area contributed by atoms with E-state index in [0.717, 1.165) is 18.0 Å². The van der Waals surface area contributed by atoms with E-state index in [-0.39, 0.29) is 18.6 Å². The molecule has 0 spiro atoms. The van der Waals surface area contributed by atoms with E-state index in [2.05, 4.69) is 5.32 Å². The second-order valence-electron chi connectivity index (χ2n) is 6.31. The quantitative estimate of drug-likeness (QED) is 0.803. The highest BCUT2D eigenvalue weighted by atomic mass is 16.7. The summed E-state index contributed by atoms with van der Waals surface area (Å²) in [6.07, 6.45) is 1.50. The van der Waals surface area contributed by atoms with Crippen LogP contribution in [-0.4, -0.2) is 56.2 Å². The van der Waals surface area contributed by atoms with E-state index >= 15 is 0 Å². The number of hydrogen-bond acceptors (Lipinski definition) is 5. The minimum atomic E-state index is -0.0983. The molecule has 3 heterocycles. The Labute approximate surface area is 150 Å². The van der Waals surface area contributed by atoms with Gasteiger partial charge in [-0.3, -0.25) is 9.59 Å². The number of nitrogens with zero attached hydrogens (tertiary/aromatic N) is 1.